The van der Waals surface area contributed by atoms with Crippen LogP contribution in [-0.2, 0) is 0 Å². The molecule has 5 nitrogen and oxygen atoms in total. The van der Waals surface area contributed by atoms with E-state index in [0.717, 1.165) is 24.6 Å². The first-order valence-electron chi connectivity index (χ1n) is 7.21. The molecule has 0 aliphatic heterocycles. The molecule has 1 aromatic heterocycles. The third kappa shape index (κ3) is 2.68. The monoisotopic (exact) mass is 285 g/mol. The van der Waals surface area contributed by atoms with E-state index in [0.29, 0.717) is 16.6 Å². The van der Waals surface area contributed by atoms with Crippen LogP contribution in [0.4, 0.5) is 5.69 Å². The van der Waals surface area contributed by atoms with Gasteiger partial charge in [-0.15, -0.1) is 10.2 Å². The summed E-state index contributed by atoms with van der Waals surface area (Å²) in [6, 6.07) is 7.78. The van der Waals surface area contributed by atoms with Crippen molar-refractivity contribution in [2.45, 2.75) is 39.2 Å². The van der Waals surface area contributed by atoms with E-state index in [9.17, 15) is 9.90 Å². The fraction of sp³-hybridized carbons (Fsp3) is 0.438. The first-order chi connectivity index (χ1) is 9.96. The summed E-state index contributed by atoms with van der Waals surface area (Å²) in [5, 5.41) is 21.4. The van der Waals surface area contributed by atoms with Crippen LogP contribution in [0.1, 0.15) is 43.6 Å². The number of anilines is 1. The van der Waals surface area contributed by atoms with Crippen molar-refractivity contribution in [1.29, 1.82) is 0 Å². The number of benzene rings is 1. The van der Waals surface area contributed by atoms with Gasteiger partial charge >= 0.3 is 5.97 Å². The van der Waals surface area contributed by atoms with E-state index < -0.39 is 5.97 Å². The number of hydrogen-bond acceptors (Lipinski definition) is 4. The summed E-state index contributed by atoms with van der Waals surface area (Å²) in [4.78, 5) is 11.4. The molecule has 0 spiro atoms. The summed E-state index contributed by atoms with van der Waals surface area (Å²) in [5.74, 6) is -1.05. The molecule has 1 aliphatic carbocycles. The highest BCUT2D eigenvalue weighted by molar-refractivity contribution is 6.02. The van der Waals surface area contributed by atoms with E-state index in [1.54, 1.807) is 0 Å². The minimum atomic E-state index is -1.05. The zero-order valence-corrected chi connectivity index (χ0v) is 12.3. The number of nitrogens with zero attached hydrogens (tertiary/aromatic N) is 2. The highest BCUT2D eigenvalue weighted by Gasteiger charge is 2.32. The first kappa shape index (κ1) is 13.8. The lowest BCUT2D eigenvalue weighted by Crippen LogP contribution is -2.20. The van der Waals surface area contributed by atoms with Crippen LogP contribution < -0.4 is 5.32 Å². The van der Waals surface area contributed by atoms with Crippen molar-refractivity contribution in [2.24, 2.45) is 5.41 Å². The maximum atomic E-state index is 11.4. The predicted molar refractivity (Wildman–Crippen MR) is 81.5 cm³/mol. The van der Waals surface area contributed by atoms with Crippen molar-refractivity contribution in [3.05, 3.63) is 30.0 Å². The number of carbonyl (C=O) groups is 1. The number of aromatic nitrogens is 2. The molecule has 0 bridgehead atoms. The van der Waals surface area contributed by atoms with E-state index in [1.807, 2.05) is 24.3 Å². The van der Waals surface area contributed by atoms with Gasteiger partial charge in [0.15, 0.2) is 5.69 Å². The maximum Gasteiger partial charge on any atom is 0.358 e. The smallest absolute Gasteiger partial charge is 0.358 e. The molecule has 21 heavy (non-hydrogen) atoms. The number of hydrogen-bond donors (Lipinski definition) is 2. The molecule has 2 aromatic rings. The Hall–Kier alpha value is -2.17. The third-order valence-electron chi connectivity index (χ3n) is 4.19. The SMILES string of the molecule is CC1(C)CCC(Nc2c(C(=O)O)nnc3ccccc23)C1. The number of rotatable bonds is 3. The van der Waals surface area contributed by atoms with Gasteiger partial charge in [-0.05, 0) is 30.7 Å². The Morgan fingerprint density at radius 3 is 2.76 bits per heavy atom. The van der Waals surface area contributed by atoms with E-state index in [1.165, 1.54) is 0 Å². The lowest BCUT2D eigenvalue weighted by atomic mass is 9.92. The normalized spacial score (nSPS) is 20.6. The lowest BCUT2D eigenvalue weighted by molar-refractivity contribution is 0.0690. The van der Waals surface area contributed by atoms with E-state index >= 15 is 0 Å². The van der Waals surface area contributed by atoms with Crippen molar-refractivity contribution in [3.8, 4) is 0 Å². The Kier molecular flexibility index (Phi) is 3.27. The van der Waals surface area contributed by atoms with E-state index in [-0.39, 0.29) is 11.7 Å². The van der Waals surface area contributed by atoms with Gasteiger partial charge in [0.1, 0.15) is 0 Å². The second-order valence-corrected chi connectivity index (χ2v) is 6.49. The van der Waals surface area contributed by atoms with Crippen LogP contribution in [-0.4, -0.2) is 27.3 Å². The molecule has 2 N–H and O–H groups in total. The van der Waals surface area contributed by atoms with Crippen molar-refractivity contribution in [2.75, 3.05) is 5.32 Å². The summed E-state index contributed by atoms with van der Waals surface area (Å²) in [6.07, 6.45) is 3.22. The highest BCUT2D eigenvalue weighted by atomic mass is 16.4. The molecule has 0 radical (unpaired) electrons. The molecule has 1 fully saturated rings. The third-order valence-corrected chi connectivity index (χ3v) is 4.19. The maximum absolute atomic E-state index is 11.4. The first-order valence-corrected chi connectivity index (χ1v) is 7.21. The van der Waals surface area contributed by atoms with Crippen LogP contribution >= 0.6 is 0 Å². The lowest BCUT2D eigenvalue weighted by Gasteiger charge is -2.20. The standard InChI is InChI=1S/C16H19N3O2/c1-16(2)8-7-10(9-16)17-13-11-5-3-4-6-12(11)18-19-14(13)15(20)21/h3-6,10H,7-9H2,1-2H3,(H,17,18)(H,20,21). The summed E-state index contributed by atoms with van der Waals surface area (Å²) in [6.45, 7) is 4.49. The van der Waals surface area contributed by atoms with Gasteiger partial charge in [-0.1, -0.05) is 32.0 Å². The van der Waals surface area contributed by atoms with Gasteiger partial charge in [-0.3, -0.25) is 0 Å². The van der Waals surface area contributed by atoms with Crippen LogP contribution in [0.25, 0.3) is 10.9 Å². The number of fused-ring (bicyclic) bond motifs is 1. The van der Waals surface area contributed by atoms with Gasteiger partial charge < -0.3 is 10.4 Å². The molecule has 1 aromatic carbocycles. The van der Waals surface area contributed by atoms with Crippen LogP contribution in [0.15, 0.2) is 24.3 Å². The fourth-order valence-corrected chi connectivity index (χ4v) is 3.11. The molecule has 1 heterocycles. The second-order valence-electron chi connectivity index (χ2n) is 6.49. The molecule has 5 heteroatoms. The molecule has 1 unspecified atom stereocenters. The average Bonchev–Trinajstić information content (AvgIpc) is 2.78. The fourth-order valence-electron chi connectivity index (χ4n) is 3.11. The van der Waals surface area contributed by atoms with Gasteiger partial charge in [-0.2, -0.15) is 0 Å². The zero-order valence-electron chi connectivity index (χ0n) is 12.3. The van der Waals surface area contributed by atoms with Crippen molar-refractivity contribution in [3.63, 3.8) is 0 Å². The summed E-state index contributed by atoms with van der Waals surface area (Å²) >= 11 is 0. The molecule has 0 amide bonds. The Morgan fingerprint density at radius 2 is 2.10 bits per heavy atom. The Balaban J connectivity index is 2.03. The van der Waals surface area contributed by atoms with Gasteiger partial charge in [0, 0.05) is 11.4 Å². The molecule has 3 rings (SSSR count). The molecule has 1 aliphatic rings. The molecule has 0 saturated heterocycles. The number of carboxylic acids is 1. The quantitative estimate of drug-likeness (QED) is 0.904. The summed E-state index contributed by atoms with van der Waals surface area (Å²) in [5.41, 5.74) is 1.61. The zero-order chi connectivity index (χ0) is 15.0. The summed E-state index contributed by atoms with van der Waals surface area (Å²) < 4.78 is 0. The van der Waals surface area contributed by atoms with Crippen molar-refractivity contribution >= 4 is 22.6 Å². The van der Waals surface area contributed by atoms with Crippen molar-refractivity contribution in [1.82, 2.24) is 10.2 Å². The van der Waals surface area contributed by atoms with Crippen LogP contribution in [0.5, 0.6) is 0 Å². The number of aromatic carboxylic acids is 1. The van der Waals surface area contributed by atoms with Gasteiger partial charge in [0.05, 0.1) is 11.2 Å². The largest absolute Gasteiger partial charge is 0.476 e. The number of carboxylic acid groups (broad SMARTS) is 1. The van der Waals surface area contributed by atoms with Crippen LogP contribution in [0.3, 0.4) is 0 Å². The van der Waals surface area contributed by atoms with Crippen molar-refractivity contribution < 1.29 is 9.90 Å². The Bertz CT molecular complexity index is 697. The van der Waals surface area contributed by atoms with E-state index in [4.69, 9.17) is 0 Å². The van der Waals surface area contributed by atoms with Crippen LogP contribution in [0.2, 0.25) is 0 Å². The van der Waals surface area contributed by atoms with Gasteiger partial charge in [0.25, 0.3) is 0 Å². The second kappa shape index (κ2) is 4.98. The minimum Gasteiger partial charge on any atom is -0.476 e. The van der Waals surface area contributed by atoms with Gasteiger partial charge in [0.2, 0.25) is 0 Å². The van der Waals surface area contributed by atoms with Crippen LogP contribution in [0, 0.1) is 5.41 Å². The predicted octanol–water partition coefficient (Wildman–Crippen LogP) is 3.32. The molecule has 110 valence electrons. The Morgan fingerprint density at radius 1 is 1.33 bits per heavy atom. The number of nitrogens with one attached hydrogen (secondary N) is 1. The molecule has 1 saturated carbocycles. The minimum absolute atomic E-state index is 0.00148. The molecule has 1 atom stereocenters. The van der Waals surface area contributed by atoms with E-state index in [2.05, 4.69) is 29.4 Å². The Labute approximate surface area is 123 Å². The average molecular weight is 285 g/mol. The highest BCUT2D eigenvalue weighted by Crippen LogP contribution is 2.39. The topological polar surface area (TPSA) is 75.1 Å². The molecular weight excluding hydrogens is 266 g/mol. The molecular formula is C16H19N3O2. The summed E-state index contributed by atoms with van der Waals surface area (Å²) in [7, 11) is 0. The van der Waals surface area contributed by atoms with Gasteiger partial charge in [-0.25, -0.2) is 4.79 Å².